The van der Waals surface area contributed by atoms with Gasteiger partial charge in [-0.15, -0.1) is 0 Å². The van der Waals surface area contributed by atoms with Crippen LogP contribution in [0.25, 0.3) is 0 Å². The van der Waals surface area contributed by atoms with Crippen molar-refractivity contribution >= 4 is 56.8 Å². The zero-order chi connectivity index (χ0) is 88.1. The van der Waals surface area contributed by atoms with Crippen LogP contribution in [0.5, 0.6) is 0 Å². The van der Waals surface area contributed by atoms with Crippen LogP contribution in [-0.2, 0) is 27.1 Å². The number of allylic oxidation sites excluding steroid dienone is 7. The highest BCUT2D eigenvalue weighted by molar-refractivity contribution is 7.78. The molecule has 2 aromatic rings. The summed E-state index contributed by atoms with van der Waals surface area (Å²) in [5.41, 5.74) is 11.4. The maximum Gasteiger partial charge on any atom is 0.192 e. The number of fused-ring (bicyclic) bond motifs is 3. The van der Waals surface area contributed by atoms with E-state index in [0.29, 0.717) is 52.5 Å². The minimum Gasteiger partial charge on any atom is -0.410 e. The maximum absolute atomic E-state index is 14.7. The molecule has 2 aromatic carbocycles. The van der Waals surface area contributed by atoms with Gasteiger partial charge >= 0.3 is 0 Å². The van der Waals surface area contributed by atoms with Gasteiger partial charge in [-0.05, 0) is 281 Å². The van der Waals surface area contributed by atoms with Crippen molar-refractivity contribution in [2.24, 2.45) is 69.5 Å². The number of carbonyl (C=O) groups is 1. The number of aliphatic hydroxyl groups excluding tert-OH is 2. The minimum absolute atomic E-state index is 0.0527. The number of Topliss-reactive ketones (excluding diaryl/α,β-unsaturated/α-hetero) is 1. The van der Waals surface area contributed by atoms with Crippen molar-refractivity contribution < 1.29 is 37.3 Å². The van der Waals surface area contributed by atoms with Gasteiger partial charge in [-0.1, -0.05) is 303 Å². The normalized spacial score (nSPS) is 31.7. The number of benzene rings is 2. The van der Waals surface area contributed by atoms with Crippen LogP contribution in [0.1, 0.15) is 299 Å². The van der Waals surface area contributed by atoms with Crippen LogP contribution in [0.4, 0.5) is 0 Å². The van der Waals surface area contributed by atoms with E-state index in [9.17, 15) is 19.6 Å². The molecule has 0 spiro atoms. The van der Waals surface area contributed by atoms with Gasteiger partial charge in [0.05, 0.1) is 36.6 Å². The number of rotatable bonds is 20. The van der Waals surface area contributed by atoms with Gasteiger partial charge in [-0.25, -0.2) is 0 Å². The van der Waals surface area contributed by atoms with Gasteiger partial charge in [0.25, 0.3) is 0 Å². The molecule has 18 atom stereocenters. The summed E-state index contributed by atoms with van der Waals surface area (Å²) in [7, 11) is -10.8. The van der Waals surface area contributed by atoms with Crippen molar-refractivity contribution in [3.8, 4) is 0 Å². The van der Waals surface area contributed by atoms with Gasteiger partial charge in [0, 0.05) is 29.1 Å². The summed E-state index contributed by atoms with van der Waals surface area (Å²) in [6, 6.07) is 19.9. The van der Waals surface area contributed by atoms with Crippen LogP contribution in [-0.4, -0.2) is 92.1 Å². The molecule has 118 heavy (non-hydrogen) atoms. The van der Waals surface area contributed by atoms with Gasteiger partial charge in [0.2, 0.25) is 0 Å². The van der Waals surface area contributed by atoms with Crippen LogP contribution < -0.4 is 10.6 Å². The Morgan fingerprint density at radius 2 is 0.720 bits per heavy atom. The number of carbonyl (C=O) groups excluding carboxylic acids is 1. The molecule has 13 heteroatoms. The third kappa shape index (κ3) is 23.2. The topological polar surface area (TPSA) is 112 Å². The standard InChI is InChI=1S/C35H64O2Si2.C33H51O3PSi2.C23H36O2.C14H24O/c1-15-25(2)29-20-21-30-28(17-16-22-35(29,30)10)19-18-27-23-31(36-38(11,12)33(4,5)6)26(3)32(24-27)37-39(13,14)34(7,8)9;1-26-30(35-38(8,9)32(2,3)4)24-27(25-31(26)36-39(10,11)33(5,6)7)22-23-37(34,28-18-14-12-15-19-28)29-20-16-13-17-21-29;1-5-15(2)19-10-11-20-18(7-6-12-23(19,20)4)9-8-17-13-21(24)16(3)22(25)14-17;1-4-10(2)11-7-8-12-13(15)6-5-9-14(11,12)3/h18-19,25,29-32H,3,15-17,20-24H2,1-2,4-14H3;12-22,30-31H,1,23-25H2,2-11H3;8-9,15,19-22,24-25H,3,5-7,10-14H2,1-2,4H3;10-12H,4-9H2,1-3H3/b28-19+;;18-9+;/t25-,29+,30-,31+,32+,35+;30-,31-;15-,19+,20-,21+,22+,23+;10-,11+,12-,14+/m0100/s1. The van der Waals surface area contributed by atoms with Gasteiger partial charge in [-0.3, -0.25) is 4.79 Å². The van der Waals surface area contributed by atoms with Crippen LogP contribution in [0, 0.1) is 69.5 Å². The number of aliphatic hydroxyl groups is 2. The van der Waals surface area contributed by atoms with E-state index in [1.807, 2.05) is 60.7 Å². The van der Waals surface area contributed by atoms with E-state index in [-0.39, 0.29) is 44.6 Å². The molecule has 9 aliphatic carbocycles. The Bertz CT molecular complexity index is 3780. The fourth-order valence-electron chi connectivity index (χ4n) is 21.8. The van der Waals surface area contributed by atoms with Gasteiger partial charge in [0.1, 0.15) is 12.9 Å². The Balaban J connectivity index is 0.000000206. The largest absolute Gasteiger partial charge is 0.410 e. The molecule has 9 fully saturated rings. The molecule has 9 saturated carbocycles. The highest BCUT2D eigenvalue weighted by Crippen LogP contribution is 2.63. The lowest BCUT2D eigenvalue weighted by atomic mass is 9.61. The molecule has 11 rings (SSSR count). The Morgan fingerprint density at radius 3 is 1.03 bits per heavy atom. The average Bonchev–Trinajstić information content (AvgIpc) is 1.56. The quantitative estimate of drug-likeness (QED) is 0.0766. The van der Waals surface area contributed by atoms with E-state index >= 15 is 0 Å². The first-order chi connectivity index (χ1) is 54.6. The molecule has 0 unspecified atom stereocenters. The first-order valence-corrected chi connectivity index (χ1v) is 60.9. The summed E-state index contributed by atoms with van der Waals surface area (Å²) in [6.45, 7) is 81.3. The minimum atomic E-state index is -2.84. The smallest absolute Gasteiger partial charge is 0.192 e. The number of ketones is 1. The fraction of sp³-hybridized carbons (Fsp3) is 0.724. The highest BCUT2D eigenvalue weighted by atomic mass is 31.2. The summed E-state index contributed by atoms with van der Waals surface area (Å²) in [5.74, 6) is 7.46. The number of hydrogen-bond acceptors (Lipinski definition) is 8. The summed E-state index contributed by atoms with van der Waals surface area (Å²) < 4.78 is 42.8. The summed E-state index contributed by atoms with van der Waals surface area (Å²) >= 11 is 0. The summed E-state index contributed by atoms with van der Waals surface area (Å²) in [4.78, 5) is 11.9. The molecule has 2 N–H and O–H groups in total. The maximum atomic E-state index is 14.7. The lowest BCUT2D eigenvalue weighted by Gasteiger charge is -2.46. The van der Waals surface area contributed by atoms with Crippen molar-refractivity contribution in [1.29, 1.82) is 0 Å². The molecular formula is C105H175O8PSi4. The van der Waals surface area contributed by atoms with Crippen LogP contribution in [0.2, 0.25) is 72.5 Å². The van der Waals surface area contributed by atoms with Gasteiger partial charge < -0.3 is 32.5 Å². The van der Waals surface area contributed by atoms with Crippen LogP contribution in [0.15, 0.2) is 155 Å². The predicted octanol–water partition coefficient (Wildman–Crippen LogP) is 29.3. The highest BCUT2D eigenvalue weighted by Gasteiger charge is 2.55. The van der Waals surface area contributed by atoms with E-state index in [0.717, 1.165) is 108 Å². The van der Waals surface area contributed by atoms with Crippen molar-refractivity contribution in [2.75, 3.05) is 6.16 Å². The molecule has 0 bridgehead atoms. The SMILES string of the molecule is C=C1[C@H](O)CC(=C/C=C2\CCC[C@]3(C)[C@@H]([C@@H](C)CC)CC[C@@H]23)C[C@H]1O.C=C1[C@H](O[Si](C)(C)C(C)(C)C)CC(=C/C=C2\CCC[C@]3(C)[C@@H]([C@@H](C)CC)CC[C@@H]23)C[C@H]1O[Si](C)(C)C(C)(C)C.C=C1[C@H](O[Si](C)(C)C(C)(C)C)CC(=CCP(=O)(c2ccccc2)c2ccccc2)C[C@H]1O[Si](C)(C)C(C)(C)C.CC[C@H](C)[C@H]1CC[C@H]2C(=O)CCC[C@]12C. The molecule has 9 aliphatic rings. The molecule has 0 aliphatic heterocycles. The van der Waals surface area contributed by atoms with E-state index < -0.39 is 52.6 Å². The zero-order valence-corrected chi connectivity index (χ0v) is 85.8. The molecule has 664 valence electrons. The summed E-state index contributed by atoms with van der Waals surface area (Å²) in [5, 5.41) is 22.4. The fourth-order valence-corrected chi connectivity index (χ4v) is 29.5. The summed E-state index contributed by atoms with van der Waals surface area (Å²) in [6.07, 6.45) is 38.8. The van der Waals surface area contributed by atoms with Gasteiger partial charge in [0.15, 0.2) is 33.3 Å². The third-order valence-corrected chi connectivity index (χ3v) is 55.1. The van der Waals surface area contributed by atoms with Crippen LogP contribution in [0.3, 0.4) is 0 Å². The third-order valence-electron chi connectivity index (χ3n) is 34.2. The molecule has 0 radical (unpaired) electrons. The molecular weight excluding hydrogens is 1530 g/mol. The van der Waals surface area contributed by atoms with E-state index in [1.165, 1.54) is 119 Å². The lowest BCUT2D eigenvalue weighted by Crippen LogP contribution is -2.49. The van der Waals surface area contributed by atoms with E-state index in [1.54, 1.807) is 11.1 Å². The molecule has 0 aromatic heterocycles. The molecule has 8 nitrogen and oxygen atoms in total. The number of hydrogen-bond donors (Lipinski definition) is 2. The Labute approximate surface area is 728 Å². The second-order valence-electron chi connectivity index (χ2n) is 45.9. The van der Waals surface area contributed by atoms with Crippen molar-refractivity contribution in [3.63, 3.8) is 0 Å². The predicted molar refractivity (Wildman–Crippen MR) is 518 cm³/mol. The van der Waals surface area contributed by atoms with Gasteiger partial charge in [-0.2, -0.15) is 0 Å². The van der Waals surface area contributed by atoms with Crippen molar-refractivity contribution in [2.45, 2.75) is 409 Å². The monoisotopic (exact) mass is 1710 g/mol. The van der Waals surface area contributed by atoms with Crippen molar-refractivity contribution in [1.82, 2.24) is 0 Å². The molecule has 0 amide bonds. The molecule has 0 saturated heterocycles. The zero-order valence-electron chi connectivity index (χ0n) is 80.9. The Morgan fingerprint density at radius 1 is 0.432 bits per heavy atom. The first-order valence-electron chi connectivity index (χ1n) is 47.4. The first kappa shape index (κ1) is 100. The molecule has 0 heterocycles. The van der Waals surface area contributed by atoms with E-state index in [4.69, 9.17) is 17.7 Å². The lowest BCUT2D eigenvalue weighted by molar-refractivity contribution is -0.130. The van der Waals surface area contributed by atoms with Crippen molar-refractivity contribution in [3.05, 3.63) is 155 Å². The average molecular weight is 1710 g/mol. The second kappa shape index (κ2) is 39.8. The van der Waals surface area contributed by atoms with Crippen LogP contribution >= 0.6 is 7.14 Å². The second-order valence-corrected chi connectivity index (χ2v) is 67.9. The van der Waals surface area contributed by atoms with E-state index in [2.05, 4.69) is 248 Å². The Hall–Kier alpha value is -3.11. The Kier molecular flexibility index (Phi) is 33.9.